The van der Waals surface area contributed by atoms with Gasteiger partial charge in [-0.3, -0.25) is 0 Å². The first kappa shape index (κ1) is 12.7. The summed E-state index contributed by atoms with van der Waals surface area (Å²) in [7, 11) is 0. The van der Waals surface area contributed by atoms with Crippen LogP contribution in [0.5, 0.6) is 0 Å². The fourth-order valence-corrected chi connectivity index (χ4v) is 3.28. The summed E-state index contributed by atoms with van der Waals surface area (Å²) in [6.45, 7) is 0. The molecule has 19 heavy (non-hydrogen) atoms. The average molecular weight is 271 g/mol. The van der Waals surface area contributed by atoms with E-state index in [0.717, 1.165) is 12.8 Å². The average Bonchev–Trinajstić information content (AvgIpc) is 2.63. The van der Waals surface area contributed by atoms with E-state index >= 15 is 0 Å². The van der Waals surface area contributed by atoms with Crippen molar-refractivity contribution in [2.45, 2.75) is 37.5 Å². The standard InChI is InChI=1S/C18H19Cl/c19-17-10-3-1-6-14(13-17)12-16-9-5-8-15-7-2-4-11-18(15)16/h2,4-5,7-9,11,13,17H,1,3,6,10,12H2. The minimum Gasteiger partial charge on any atom is -0.118 e. The van der Waals surface area contributed by atoms with Crippen LogP contribution in [0.1, 0.15) is 31.2 Å². The number of benzene rings is 2. The third kappa shape index (κ3) is 3.01. The first-order valence-electron chi connectivity index (χ1n) is 7.13. The Morgan fingerprint density at radius 1 is 1.00 bits per heavy atom. The van der Waals surface area contributed by atoms with Gasteiger partial charge >= 0.3 is 0 Å². The number of rotatable bonds is 2. The van der Waals surface area contributed by atoms with Crippen LogP contribution in [0.4, 0.5) is 0 Å². The van der Waals surface area contributed by atoms with Gasteiger partial charge in [0.1, 0.15) is 0 Å². The summed E-state index contributed by atoms with van der Waals surface area (Å²) < 4.78 is 0. The van der Waals surface area contributed by atoms with Crippen molar-refractivity contribution < 1.29 is 0 Å². The van der Waals surface area contributed by atoms with E-state index in [1.54, 1.807) is 0 Å². The first-order chi connectivity index (χ1) is 9.33. The molecule has 0 aromatic heterocycles. The molecule has 2 aromatic rings. The highest BCUT2D eigenvalue weighted by atomic mass is 35.5. The zero-order valence-corrected chi connectivity index (χ0v) is 11.9. The van der Waals surface area contributed by atoms with Crippen molar-refractivity contribution in [3.63, 3.8) is 0 Å². The van der Waals surface area contributed by atoms with Gasteiger partial charge in [-0.15, -0.1) is 11.6 Å². The van der Waals surface area contributed by atoms with E-state index in [2.05, 4.69) is 48.5 Å². The molecule has 0 nitrogen and oxygen atoms in total. The van der Waals surface area contributed by atoms with Gasteiger partial charge in [0.05, 0.1) is 5.38 Å². The SMILES string of the molecule is ClC1C=C(Cc2cccc3ccccc23)CCCC1. The lowest BCUT2D eigenvalue weighted by Crippen LogP contribution is -1.95. The summed E-state index contributed by atoms with van der Waals surface area (Å²) in [5, 5.41) is 2.94. The minimum absolute atomic E-state index is 0.229. The molecule has 0 saturated heterocycles. The molecule has 0 heterocycles. The molecule has 0 amide bonds. The van der Waals surface area contributed by atoms with Crippen LogP contribution in [0.2, 0.25) is 0 Å². The van der Waals surface area contributed by atoms with Crippen molar-refractivity contribution in [2.24, 2.45) is 0 Å². The summed E-state index contributed by atoms with van der Waals surface area (Å²) in [4.78, 5) is 0. The Hall–Kier alpha value is -1.27. The van der Waals surface area contributed by atoms with Crippen molar-refractivity contribution in [3.05, 3.63) is 59.7 Å². The molecule has 0 N–H and O–H groups in total. The van der Waals surface area contributed by atoms with E-state index in [-0.39, 0.29) is 5.38 Å². The number of alkyl halides is 1. The minimum atomic E-state index is 0.229. The molecular weight excluding hydrogens is 252 g/mol. The predicted molar refractivity (Wildman–Crippen MR) is 83.8 cm³/mol. The van der Waals surface area contributed by atoms with Crippen LogP contribution in [0.15, 0.2) is 54.1 Å². The Bertz CT molecular complexity index is 592. The number of allylic oxidation sites excluding steroid dienone is 2. The monoisotopic (exact) mass is 270 g/mol. The highest BCUT2D eigenvalue weighted by Gasteiger charge is 2.11. The highest BCUT2D eigenvalue weighted by Crippen LogP contribution is 2.26. The van der Waals surface area contributed by atoms with Crippen LogP contribution in [0.25, 0.3) is 10.8 Å². The highest BCUT2D eigenvalue weighted by molar-refractivity contribution is 6.21. The number of hydrogen-bond acceptors (Lipinski definition) is 0. The van der Waals surface area contributed by atoms with Crippen LogP contribution in [0, 0.1) is 0 Å². The lowest BCUT2D eigenvalue weighted by atomic mass is 9.96. The zero-order valence-electron chi connectivity index (χ0n) is 11.1. The summed E-state index contributed by atoms with van der Waals surface area (Å²) in [5.74, 6) is 0. The summed E-state index contributed by atoms with van der Waals surface area (Å²) in [6.07, 6.45) is 8.19. The van der Waals surface area contributed by atoms with Crippen molar-refractivity contribution in [1.82, 2.24) is 0 Å². The molecule has 98 valence electrons. The zero-order chi connectivity index (χ0) is 13.1. The van der Waals surface area contributed by atoms with E-state index in [9.17, 15) is 0 Å². The molecule has 0 saturated carbocycles. The van der Waals surface area contributed by atoms with Crippen LogP contribution >= 0.6 is 11.6 Å². The molecule has 0 fully saturated rings. The fraction of sp³-hybridized carbons (Fsp3) is 0.333. The molecular formula is C18H19Cl. The number of halogens is 1. The van der Waals surface area contributed by atoms with E-state index in [1.165, 1.54) is 41.2 Å². The molecule has 3 rings (SSSR count). The van der Waals surface area contributed by atoms with Crippen LogP contribution in [-0.4, -0.2) is 5.38 Å². The maximum Gasteiger partial charge on any atom is 0.0518 e. The maximum absolute atomic E-state index is 6.32. The quantitative estimate of drug-likeness (QED) is 0.500. The smallest absolute Gasteiger partial charge is 0.0518 e. The van der Waals surface area contributed by atoms with Crippen molar-refractivity contribution >= 4 is 22.4 Å². The molecule has 0 radical (unpaired) electrons. The van der Waals surface area contributed by atoms with Crippen LogP contribution in [0.3, 0.4) is 0 Å². The Labute approximate surface area is 120 Å². The number of fused-ring (bicyclic) bond motifs is 1. The third-order valence-electron chi connectivity index (χ3n) is 3.94. The van der Waals surface area contributed by atoms with Gasteiger partial charge in [-0.05, 0) is 42.0 Å². The van der Waals surface area contributed by atoms with Crippen LogP contribution < -0.4 is 0 Å². The molecule has 1 unspecified atom stereocenters. The maximum atomic E-state index is 6.32. The van der Waals surface area contributed by atoms with Gasteiger partial charge in [0.15, 0.2) is 0 Å². The third-order valence-corrected chi connectivity index (χ3v) is 4.29. The lowest BCUT2D eigenvalue weighted by Gasteiger charge is -2.09. The Kier molecular flexibility index (Phi) is 3.89. The normalized spacial score (nSPS) is 20.1. The van der Waals surface area contributed by atoms with Gasteiger partial charge in [0, 0.05) is 0 Å². The fourth-order valence-electron chi connectivity index (χ4n) is 2.95. The molecule has 0 aliphatic heterocycles. The van der Waals surface area contributed by atoms with Crippen molar-refractivity contribution in [2.75, 3.05) is 0 Å². The summed E-state index contributed by atoms with van der Waals surface area (Å²) in [5.41, 5.74) is 2.93. The molecule has 1 aliphatic rings. The van der Waals surface area contributed by atoms with Gasteiger partial charge in [-0.2, -0.15) is 0 Å². The first-order valence-corrected chi connectivity index (χ1v) is 7.57. The number of hydrogen-bond donors (Lipinski definition) is 0. The summed E-state index contributed by atoms with van der Waals surface area (Å²) in [6, 6.07) is 15.2. The van der Waals surface area contributed by atoms with Gasteiger partial charge in [0.25, 0.3) is 0 Å². The second-order valence-corrected chi connectivity index (χ2v) is 5.96. The van der Waals surface area contributed by atoms with E-state index in [4.69, 9.17) is 11.6 Å². The second kappa shape index (κ2) is 5.79. The molecule has 1 aliphatic carbocycles. The van der Waals surface area contributed by atoms with Gasteiger partial charge in [-0.1, -0.05) is 60.5 Å². The Morgan fingerprint density at radius 2 is 1.84 bits per heavy atom. The van der Waals surface area contributed by atoms with E-state index in [0.29, 0.717) is 0 Å². The molecule has 0 bridgehead atoms. The van der Waals surface area contributed by atoms with E-state index < -0.39 is 0 Å². The molecule has 1 atom stereocenters. The Morgan fingerprint density at radius 3 is 2.79 bits per heavy atom. The topological polar surface area (TPSA) is 0 Å². The van der Waals surface area contributed by atoms with Gasteiger partial charge in [0.2, 0.25) is 0 Å². The van der Waals surface area contributed by atoms with Gasteiger partial charge < -0.3 is 0 Å². The van der Waals surface area contributed by atoms with Crippen LogP contribution in [-0.2, 0) is 6.42 Å². The summed E-state index contributed by atoms with van der Waals surface area (Å²) >= 11 is 6.32. The predicted octanol–water partition coefficient (Wildman–Crippen LogP) is 5.49. The Balaban J connectivity index is 1.92. The second-order valence-electron chi connectivity index (χ2n) is 5.40. The van der Waals surface area contributed by atoms with Gasteiger partial charge in [-0.25, -0.2) is 0 Å². The lowest BCUT2D eigenvalue weighted by molar-refractivity contribution is 0.710. The molecule has 2 aromatic carbocycles. The van der Waals surface area contributed by atoms with Crippen molar-refractivity contribution in [1.29, 1.82) is 0 Å². The molecule has 0 spiro atoms. The van der Waals surface area contributed by atoms with E-state index in [1.807, 2.05) is 0 Å². The largest absolute Gasteiger partial charge is 0.118 e. The van der Waals surface area contributed by atoms with Crippen molar-refractivity contribution in [3.8, 4) is 0 Å². The molecule has 1 heteroatoms.